The van der Waals surface area contributed by atoms with Gasteiger partial charge < -0.3 is 5.32 Å². The quantitative estimate of drug-likeness (QED) is 0.655. The smallest absolute Gasteiger partial charge is 0.321 e. The van der Waals surface area contributed by atoms with Crippen LogP contribution in [0.5, 0.6) is 0 Å². The monoisotopic (exact) mass is 386 g/mol. The number of imide groups is 1. The molecule has 138 valence electrons. The van der Waals surface area contributed by atoms with E-state index in [4.69, 9.17) is 11.6 Å². The molecule has 3 amide bonds. The molecule has 0 radical (unpaired) electrons. The molecule has 1 aromatic carbocycles. The zero-order chi connectivity index (χ0) is 18.4. The molecule has 1 atom stereocenters. The maximum absolute atomic E-state index is 12.6. The number of carbonyl (C=O) groups is 2. The second kappa shape index (κ2) is 9.20. The van der Waals surface area contributed by atoms with Crippen molar-refractivity contribution in [1.29, 1.82) is 0 Å². The fraction of sp³-hybridized carbons (Fsp3) is 0.529. The maximum atomic E-state index is 12.6. The standard InChI is InChI=1S/C17H23ClN2O4S/c1-19-17(22)20-16(21)14(8-11-4-2-3-5-11)12-6-7-13(10-25(23)24)15(18)9-12/h6-7,9,11,14,25H,2-5,8,10H2,1H3,(H2,19,20,21,22). The number of halogens is 1. The van der Waals surface area contributed by atoms with Crippen LogP contribution < -0.4 is 10.6 Å². The van der Waals surface area contributed by atoms with Crippen LogP contribution in [0.3, 0.4) is 0 Å². The Morgan fingerprint density at radius 2 is 1.96 bits per heavy atom. The molecule has 0 aromatic heterocycles. The molecule has 1 saturated carbocycles. The van der Waals surface area contributed by atoms with E-state index in [1.807, 2.05) is 0 Å². The average Bonchev–Trinajstić information content (AvgIpc) is 3.07. The lowest BCUT2D eigenvalue weighted by molar-refractivity contribution is -0.121. The number of nitrogens with one attached hydrogen (secondary N) is 2. The van der Waals surface area contributed by atoms with E-state index >= 15 is 0 Å². The van der Waals surface area contributed by atoms with Crippen LogP contribution >= 0.6 is 11.6 Å². The van der Waals surface area contributed by atoms with Crippen molar-refractivity contribution in [3.63, 3.8) is 0 Å². The summed E-state index contributed by atoms with van der Waals surface area (Å²) < 4.78 is 21.8. The van der Waals surface area contributed by atoms with Gasteiger partial charge in [-0.15, -0.1) is 0 Å². The first kappa shape index (κ1) is 19.7. The van der Waals surface area contributed by atoms with Gasteiger partial charge in [-0.25, -0.2) is 13.2 Å². The van der Waals surface area contributed by atoms with Gasteiger partial charge in [-0.2, -0.15) is 0 Å². The molecule has 1 aromatic rings. The number of urea groups is 1. The van der Waals surface area contributed by atoms with Gasteiger partial charge in [0.1, 0.15) is 10.7 Å². The molecule has 1 aliphatic carbocycles. The Kier molecular flexibility index (Phi) is 7.25. The van der Waals surface area contributed by atoms with Gasteiger partial charge in [0.05, 0.1) is 11.7 Å². The van der Waals surface area contributed by atoms with Gasteiger partial charge in [0.25, 0.3) is 0 Å². The predicted octanol–water partition coefficient (Wildman–Crippen LogP) is 2.57. The first-order chi connectivity index (χ1) is 11.9. The lowest BCUT2D eigenvalue weighted by Gasteiger charge is -2.21. The molecule has 0 bridgehead atoms. The molecular formula is C17H23ClN2O4S. The van der Waals surface area contributed by atoms with Gasteiger partial charge in [-0.1, -0.05) is 49.4 Å². The largest absolute Gasteiger partial charge is 0.341 e. The topological polar surface area (TPSA) is 92.3 Å². The molecule has 1 fully saturated rings. The van der Waals surface area contributed by atoms with Gasteiger partial charge in [-0.05, 0) is 29.5 Å². The van der Waals surface area contributed by atoms with Crippen LogP contribution in [-0.2, 0) is 21.3 Å². The van der Waals surface area contributed by atoms with Gasteiger partial charge in [0.2, 0.25) is 5.91 Å². The van der Waals surface area contributed by atoms with E-state index < -0.39 is 22.7 Å². The van der Waals surface area contributed by atoms with Crippen LogP contribution in [0.15, 0.2) is 18.2 Å². The Balaban J connectivity index is 2.25. The highest BCUT2D eigenvalue weighted by molar-refractivity contribution is 7.71. The van der Waals surface area contributed by atoms with E-state index in [-0.39, 0.29) is 11.7 Å². The predicted molar refractivity (Wildman–Crippen MR) is 97.4 cm³/mol. The second-order valence-corrected chi connectivity index (χ2v) is 7.74. The Hall–Kier alpha value is -1.60. The normalized spacial score (nSPS) is 16.0. The van der Waals surface area contributed by atoms with Gasteiger partial charge in [0.15, 0.2) is 0 Å². The number of carbonyl (C=O) groups excluding carboxylic acids is 2. The Morgan fingerprint density at radius 1 is 1.28 bits per heavy atom. The molecule has 0 saturated heterocycles. The fourth-order valence-corrected chi connectivity index (χ4v) is 4.19. The summed E-state index contributed by atoms with van der Waals surface area (Å²) in [6.07, 6.45) is 5.11. The molecule has 0 heterocycles. The summed E-state index contributed by atoms with van der Waals surface area (Å²) in [5.74, 6) is -0.556. The lowest BCUT2D eigenvalue weighted by Crippen LogP contribution is -2.40. The molecule has 0 spiro atoms. The fourth-order valence-electron chi connectivity index (χ4n) is 3.28. The minimum Gasteiger partial charge on any atom is -0.341 e. The number of hydrogen-bond acceptors (Lipinski definition) is 4. The number of thiol groups is 1. The van der Waals surface area contributed by atoms with Gasteiger partial charge in [0, 0.05) is 12.1 Å². The highest BCUT2D eigenvalue weighted by Gasteiger charge is 2.28. The van der Waals surface area contributed by atoms with E-state index in [2.05, 4.69) is 10.6 Å². The van der Waals surface area contributed by atoms with Gasteiger partial charge >= 0.3 is 6.03 Å². The molecule has 8 heteroatoms. The third-order valence-electron chi connectivity index (χ3n) is 4.60. The maximum Gasteiger partial charge on any atom is 0.321 e. The summed E-state index contributed by atoms with van der Waals surface area (Å²) in [5.41, 5.74) is 1.20. The zero-order valence-electron chi connectivity index (χ0n) is 14.1. The summed E-state index contributed by atoms with van der Waals surface area (Å²) in [4.78, 5) is 24.1. The number of hydrogen-bond donors (Lipinski definition) is 3. The minimum atomic E-state index is -2.57. The zero-order valence-corrected chi connectivity index (χ0v) is 15.7. The number of rotatable bonds is 6. The van der Waals surface area contributed by atoms with Crippen molar-refractivity contribution < 1.29 is 18.0 Å². The molecule has 1 aliphatic rings. The van der Waals surface area contributed by atoms with E-state index in [1.165, 1.54) is 7.05 Å². The Labute approximate surface area is 154 Å². The van der Waals surface area contributed by atoms with Crippen molar-refractivity contribution in [1.82, 2.24) is 10.6 Å². The highest BCUT2D eigenvalue weighted by atomic mass is 35.5. The van der Waals surface area contributed by atoms with Crippen LogP contribution in [0.4, 0.5) is 4.79 Å². The summed E-state index contributed by atoms with van der Waals surface area (Å²) in [7, 11) is -1.12. The van der Waals surface area contributed by atoms with Crippen molar-refractivity contribution >= 4 is 34.2 Å². The molecule has 6 nitrogen and oxygen atoms in total. The minimum absolute atomic E-state index is 0.133. The Bertz CT molecular complexity index is 707. The molecule has 2 rings (SSSR count). The van der Waals surface area contributed by atoms with Crippen LogP contribution in [0, 0.1) is 5.92 Å². The van der Waals surface area contributed by atoms with Crippen molar-refractivity contribution in [2.75, 3.05) is 7.05 Å². The first-order valence-corrected chi connectivity index (χ1v) is 10.1. The second-order valence-electron chi connectivity index (χ2n) is 6.35. The first-order valence-electron chi connectivity index (χ1n) is 8.33. The van der Waals surface area contributed by atoms with Crippen molar-refractivity contribution in [3.05, 3.63) is 34.3 Å². The van der Waals surface area contributed by atoms with E-state index in [9.17, 15) is 18.0 Å². The molecular weight excluding hydrogens is 364 g/mol. The third kappa shape index (κ3) is 5.71. The molecule has 2 N–H and O–H groups in total. The van der Waals surface area contributed by atoms with Gasteiger partial charge in [-0.3, -0.25) is 10.1 Å². The molecule has 1 unspecified atom stereocenters. The lowest BCUT2D eigenvalue weighted by atomic mass is 9.87. The molecule has 25 heavy (non-hydrogen) atoms. The highest BCUT2D eigenvalue weighted by Crippen LogP contribution is 2.35. The summed E-state index contributed by atoms with van der Waals surface area (Å²) in [5, 5.41) is 5.03. The van der Waals surface area contributed by atoms with Crippen LogP contribution in [0.25, 0.3) is 0 Å². The summed E-state index contributed by atoms with van der Waals surface area (Å²) >= 11 is 6.19. The van der Waals surface area contributed by atoms with Crippen LogP contribution in [0.2, 0.25) is 5.02 Å². The summed E-state index contributed by atoms with van der Waals surface area (Å²) in [6, 6.07) is 4.45. The van der Waals surface area contributed by atoms with E-state index in [0.717, 1.165) is 25.7 Å². The third-order valence-corrected chi connectivity index (χ3v) is 5.55. The summed E-state index contributed by atoms with van der Waals surface area (Å²) in [6.45, 7) is 0. The van der Waals surface area contributed by atoms with E-state index in [0.29, 0.717) is 28.5 Å². The molecule has 0 aliphatic heterocycles. The average molecular weight is 387 g/mol. The number of amides is 3. The SMILES string of the molecule is CNC(=O)NC(=O)C(CC1CCCC1)c1ccc(C[SH](=O)=O)c(Cl)c1. The van der Waals surface area contributed by atoms with Crippen molar-refractivity contribution in [3.8, 4) is 0 Å². The van der Waals surface area contributed by atoms with Crippen LogP contribution in [-0.4, -0.2) is 27.4 Å². The van der Waals surface area contributed by atoms with Crippen molar-refractivity contribution in [2.45, 2.75) is 43.8 Å². The van der Waals surface area contributed by atoms with Crippen LogP contribution in [0.1, 0.15) is 49.1 Å². The Morgan fingerprint density at radius 3 is 2.52 bits per heavy atom. The van der Waals surface area contributed by atoms with E-state index in [1.54, 1.807) is 18.2 Å². The number of benzene rings is 1. The van der Waals surface area contributed by atoms with Crippen molar-refractivity contribution in [2.24, 2.45) is 5.92 Å².